The molecule has 84 valence electrons. The minimum Gasteiger partial charge on any atom is -0.327 e. The first-order chi connectivity index (χ1) is 6.53. The molecule has 0 aliphatic carbocycles. The fourth-order valence-electron chi connectivity index (χ4n) is 2.06. The molecule has 1 saturated heterocycles. The fourth-order valence-corrected chi connectivity index (χ4v) is 3.24. The summed E-state index contributed by atoms with van der Waals surface area (Å²) in [6.45, 7) is 10.3. The van der Waals surface area contributed by atoms with Gasteiger partial charge in [0.15, 0.2) is 0 Å². The molecule has 14 heavy (non-hydrogen) atoms. The van der Waals surface area contributed by atoms with Gasteiger partial charge >= 0.3 is 0 Å². The second-order valence-electron chi connectivity index (χ2n) is 4.89. The number of nitrogens with zero attached hydrogens (tertiary/aromatic N) is 1. The minimum atomic E-state index is 0.374. The molecule has 1 rings (SSSR count). The number of nitrogens with two attached hydrogens (primary N) is 1. The van der Waals surface area contributed by atoms with Gasteiger partial charge in [0.1, 0.15) is 0 Å². The molecule has 1 atom stereocenters. The van der Waals surface area contributed by atoms with Gasteiger partial charge in [-0.1, -0.05) is 13.3 Å². The maximum atomic E-state index is 6.06. The Bertz CT molecular complexity index is 171. The van der Waals surface area contributed by atoms with Crippen LogP contribution in [0.1, 0.15) is 33.6 Å². The van der Waals surface area contributed by atoms with Gasteiger partial charge in [-0.15, -0.1) is 0 Å². The van der Waals surface area contributed by atoms with Crippen molar-refractivity contribution in [2.75, 3.05) is 25.4 Å². The highest BCUT2D eigenvalue weighted by atomic mass is 32.2. The Morgan fingerprint density at radius 1 is 1.50 bits per heavy atom. The Balaban J connectivity index is 2.30. The first-order valence-electron chi connectivity index (χ1n) is 5.65. The number of hydrogen-bond donors (Lipinski definition) is 1. The quantitative estimate of drug-likeness (QED) is 0.779. The first-order valence-corrected chi connectivity index (χ1v) is 6.64. The molecule has 0 aromatic heterocycles. The summed E-state index contributed by atoms with van der Waals surface area (Å²) in [6, 6.07) is 0.374. The molecule has 1 aliphatic rings. The molecule has 0 spiro atoms. The van der Waals surface area contributed by atoms with Gasteiger partial charge in [-0.05, 0) is 20.3 Å². The van der Waals surface area contributed by atoms with Crippen LogP contribution in [0.5, 0.6) is 0 Å². The van der Waals surface area contributed by atoms with Crippen molar-refractivity contribution in [1.82, 2.24) is 4.90 Å². The highest BCUT2D eigenvalue weighted by molar-refractivity contribution is 8.00. The molecule has 0 aromatic carbocycles. The van der Waals surface area contributed by atoms with Crippen molar-refractivity contribution in [2.24, 2.45) is 5.73 Å². The Kier molecular flexibility index (Phi) is 4.74. The van der Waals surface area contributed by atoms with Crippen LogP contribution in [-0.4, -0.2) is 41.1 Å². The third-order valence-corrected chi connectivity index (χ3v) is 3.95. The van der Waals surface area contributed by atoms with Gasteiger partial charge in [-0.3, -0.25) is 4.90 Å². The molecular weight excluding hydrogens is 192 g/mol. The molecule has 1 aliphatic heterocycles. The molecule has 2 nitrogen and oxygen atoms in total. The average Bonchev–Trinajstić information content (AvgIpc) is 2.02. The zero-order valence-electron chi connectivity index (χ0n) is 9.75. The van der Waals surface area contributed by atoms with Gasteiger partial charge in [0.25, 0.3) is 0 Å². The molecule has 0 saturated carbocycles. The van der Waals surface area contributed by atoms with Crippen LogP contribution in [0.25, 0.3) is 0 Å². The van der Waals surface area contributed by atoms with E-state index in [4.69, 9.17) is 5.73 Å². The first kappa shape index (κ1) is 12.3. The lowest BCUT2D eigenvalue weighted by atomic mass is 10.1. The van der Waals surface area contributed by atoms with E-state index in [1.807, 2.05) is 0 Å². The highest BCUT2D eigenvalue weighted by Gasteiger charge is 2.27. The summed E-state index contributed by atoms with van der Waals surface area (Å²) < 4.78 is 0.421. The Morgan fingerprint density at radius 3 is 2.79 bits per heavy atom. The van der Waals surface area contributed by atoms with Gasteiger partial charge in [0.2, 0.25) is 0 Å². The number of hydrogen-bond acceptors (Lipinski definition) is 3. The number of thioether (sulfide) groups is 1. The third-order valence-electron chi connectivity index (χ3n) is 2.66. The topological polar surface area (TPSA) is 29.3 Å². The van der Waals surface area contributed by atoms with E-state index in [0.717, 1.165) is 13.0 Å². The van der Waals surface area contributed by atoms with E-state index in [0.29, 0.717) is 10.8 Å². The lowest BCUT2D eigenvalue weighted by Crippen LogP contribution is -2.47. The standard InChI is InChI=1S/C11H24N2S/c1-4-5-10(12)8-13-6-7-14-11(2,3)9-13/h10H,4-9,12H2,1-3H3. The summed E-state index contributed by atoms with van der Waals surface area (Å²) in [5.74, 6) is 1.26. The molecule has 0 amide bonds. The van der Waals surface area contributed by atoms with Crippen molar-refractivity contribution in [3.8, 4) is 0 Å². The molecule has 0 radical (unpaired) electrons. The fraction of sp³-hybridized carbons (Fsp3) is 1.00. The van der Waals surface area contributed by atoms with Crippen LogP contribution < -0.4 is 5.73 Å². The van der Waals surface area contributed by atoms with Crippen LogP contribution in [0.3, 0.4) is 0 Å². The molecule has 3 heteroatoms. The van der Waals surface area contributed by atoms with E-state index >= 15 is 0 Å². The second kappa shape index (κ2) is 5.38. The Morgan fingerprint density at radius 2 is 2.21 bits per heavy atom. The molecule has 0 aromatic rings. The van der Waals surface area contributed by atoms with E-state index in [-0.39, 0.29) is 0 Å². The Labute approximate surface area is 92.6 Å². The van der Waals surface area contributed by atoms with E-state index in [1.165, 1.54) is 25.3 Å². The van der Waals surface area contributed by atoms with E-state index in [1.54, 1.807) is 0 Å². The summed E-state index contributed by atoms with van der Waals surface area (Å²) in [5.41, 5.74) is 6.06. The van der Waals surface area contributed by atoms with E-state index < -0.39 is 0 Å². The van der Waals surface area contributed by atoms with E-state index in [9.17, 15) is 0 Å². The normalized spacial score (nSPS) is 24.9. The van der Waals surface area contributed by atoms with Crippen molar-refractivity contribution < 1.29 is 0 Å². The van der Waals surface area contributed by atoms with Gasteiger partial charge in [0.05, 0.1) is 0 Å². The van der Waals surface area contributed by atoms with Gasteiger partial charge in [-0.25, -0.2) is 0 Å². The van der Waals surface area contributed by atoms with Crippen molar-refractivity contribution >= 4 is 11.8 Å². The van der Waals surface area contributed by atoms with Crippen molar-refractivity contribution in [2.45, 2.75) is 44.4 Å². The van der Waals surface area contributed by atoms with Crippen molar-refractivity contribution in [3.63, 3.8) is 0 Å². The largest absolute Gasteiger partial charge is 0.327 e. The third kappa shape index (κ3) is 4.20. The highest BCUT2D eigenvalue weighted by Crippen LogP contribution is 2.29. The van der Waals surface area contributed by atoms with Crippen molar-refractivity contribution in [3.05, 3.63) is 0 Å². The number of rotatable bonds is 4. The average molecular weight is 216 g/mol. The van der Waals surface area contributed by atoms with Crippen LogP contribution in [0.15, 0.2) is 0 Å². The summed E-state index contributed by atoms with van der Waals surface area (Å²) in [6.07, 6.45) is 2.36. The monoisotopic (exact) mass is 216 g/mol. The predicted octanol–water partition coefficient (Wildman–Crippen LogP) is 1.94. The zero-order valence-corrected chi connectivity index (χ0v) is 10.6. The molecule has 1 fully saturated rings. The smallest absolute Gasteiger partial charge is 0.0231 e. The minimum absolute atomic E-state index is 0.374. The SMILES string of the molecule is CCCC(N)CN1CCSC(C)(C)C1. The molecule has 0 bridgehead atoms. The van der Waals surface area contributed by atoms with Crippen molar-refractivity contribution in [1.29, 1.82) is 0 Å². The second-order valence-corrected chi connectivity index (χ2v) is 6.69. The maximum Gasteiger partial charge on any atom is 0.0231 e. The van der Waals surface area contributed by atoms with Gasteiger partial charge in [0, 0.05) is 36.2 Å². The summed E-state index contributed by atoms with van der Waals surface area (Å²) in [5, 5.41) is 0. The van der Waals surface area contributed by atoms with Gasteiger partial charge < -0.3 is 5.73 Å². The summed E-state index contributed by atoms with van der Waals surface area (Å²) in [4.78, 5) is 2.52. The van der Waals surface area contributed by atoms with E-state index in [2.05, 4.69) is 37.4 Å². The lowest BCUT2D eigenvalue weighted by Gasteiger charge is -2.38. The predicted molar refractivity (Wildman–Crippen MR) is 65.9 cm³/mol. The summed E-state index contributed by atoms with van der Waals surface area (Å²) >= 11 is 2.08. The lowest BCUT2D eigenvalue weighted by molar-refractivity contribution is 0.241. The van der Waals surface area contributed by atoms with Gasteiger partial charge in [-0.2, -0.15) is 11.8 Å². The zero-order chi connectivity index (χ0) is 10.6. The summed E-state index contributed by atoms with van der Waals surface area (Å²) in [7, 11) is 0. The van der Waals surface area contributed by atoms with Crippen LogP contribution in [0.2, 0.25) is 0 Å². The molecule has 1 unspecified atom stereocenters. The van der Waals surface area contributed by atoms with Crippen LogP contribution >= 0.6 is 11.8 Å². The van der Waals surface area contributed by atoms with Crippen LogP contribution in [0, 0.1) is 0 Å². The molecular formula is C11H24N2S. The molecule has 1 heterocycles. The van der Waals surface area contributed by atoms with Crippen LogP contribution in [-0.2, 0) is 0 Å². The maximum absolute atomic E-state index is 6.06. The van der Waals surface area contributed by atoms with Crippen LogP contribution in [0.4, 0.5) is 0 Å². The molecule has 2 N–H and O–H groups in total. The Hall–Kier alpha value is 0.270.